The van der Waals surface area contributed by atoms with Gasteiger partial charge in [-0.1, -0.05) is 30.3 Å². The van der Waals surface area contributed by atoms with Gasteiger partial charge in [-0.2, -0.15) is 5.26 Å². The number of nitrogens with one attached hydrogen (secondary N) is 2. The summed E-state index contributed by atoms with van der Waals surface area (Å²) in [5.74, 6) is 1.63. The molecule has 1 saturated carbocycles. The zero-order valence-electron chi connectivity index (χ0n) is 13.9. The largest absolute Gasteiger partial charge is 0.338 e. The van der Waals surface area contributed by atoms with E-state index in [9.17, 15) is 9.00 Å². The lowest BCUT2D eigenvalue weighted by Gasteiger charge is -2.24. The first-order chi connectivity index (χ1) is 11.7. The number of benzene rings is 1. The van der Waals surface area contributed by atoms with Crippen molar-refractivity contribution >= 4 is 16.8 Å². The molecule has 1 aromatic rings. The summed E-state index contributed by atoms with van der Waals surface area (Å²) in [6.45, 7) is 1.06. The maximum atomic E-state index is 12.0. The molecule has 0 spiro atoms. The Labute approximate surface area is 146 Å². The molecule has 1 aromatic carbocycles. The molecule has 0 heterocycles. The molecule has 0 saturated heterocycles. The van der Waals surface area contributed by atoms with E-state index in [0.29, 0.717) is 30.5 Å². The molecule has 2 amide bonds. The highest BCUT2D eigenvalue weighted by atomic mass is 32.2. The Morgan fingerprint density at radius 1 is 1.17 bits per heavy atom. The lowest BCUT2D eigenvalue weighted by atomic mass is 9.83. The van der Waals surface area contributed by atoms with Gasteiger partial charge >= 0.3 is 6.03 Å². The number of urea groups is 1. The van der Waals surface area contributed by atoms with E-state index in [-0.39, 0.29) is 11.9 Å². The molecule has 2 rings (SSSR count). The van der Waals surface area contributed by atoms with Crippen LogP contribution in [0.25, 0.3) is 0 Å². The standard InChI is InChI=1S/C18H25N3O2S/c19-12-15-6-8-16(9-7-15)13-21-18(22)20-10-11-24(23)14-17-4-2-1-3-5-17/h1-5,15-16H,6-11,13-14H2,(H2,20,21,22)/t15?,16?,24-/m0/s1. The third-order valence-electron chi connectivity index (χ3n) is 4.37. The highest BCUT2D eigenvalue weighted by molar-refractivity contribution is 7.84. The van der Waals surface area contributed by atoms with Gasteiger partial charge in [0.2, 0.25) is 0 Å². The fraction of sp³-hybridized carbons (Fsp3) is 0.556. The molecule has 1 fully saturated rings. The van der Waals surface area contributed by atoms with Gasteiger partial charge in [0, 0.05) is 41.3 Å². The number of rotatable bonds is 7. The van der Waals surface area contributed by atoms with E-state index in [1.807, 2.05) is 30.3 Å². The predicted molar refractivity (Wildman–Crippen MR) is 95.6 cm³/mol. The Morgan fingerprint density at radius 3 is 2.54 bits per heavy atom. The van der Waals surface area contributed by atoms with Crippen molar-refractivity contribution in [3.8, 4) is 6.07 Å². The van der Waals surface area contributed by atoms with Crippen LogP contribution in [0.4, 0.5) is 4.79 Å². The highest BCUT2D eigenvalue weighted by Crippen LogP contribution is 2.27. The van der Waals surface area contributed by atoms with Crippen LogP contribution in [-0.2, 0) is 16.6 Å². The second-order valence-electron chi connectivity index (χ2n) is 6.26. The molecular formula is C18H25N3O2S. The van der Waals surface area contributed by atoms with Crippen molar-refractivity contribution in [1.29, 1.82) is 5.26 Å². The number of hydrogen-bond acceptors (Lipinski definition) is 3. The summed E-state index contributed by atoms with van der Waals surface area (Å²) in [5.41, 5.74) is 1.05. The first-order valence-electron chi connectivity index (χ1n) is 8.47. The van der Waals surface area contributed by atoms with Crippen LogP contribution >= 0.6 is 0 Å². The average Bonchev–Trinajstić information content (AvgIpc) is 2.61. The van der Waals surface area contributed by atoms with Crippen molar-refractivity contribution in [2.75, 3.05) is 18.8 Å². The van der Waals surface area contributed by atoms with Gasteiger partial charge < -0.3 is 10.6 Å². The fourth-order valence-corrected chi connectivity index (χ4v) is 3.94. The number of hydrogen-bond donors (Lipinski definition) is 2. The summed E-state index contributed by atoms with van der Waals surface area (Å²) in [4.78, 5) is 11.8. The first kappa shape index (κ1) is 18.5. The number of amides is 2. The molecule has 130 valence electrons. The van der Waals surface area contributed by atoms with Crippen molar-refractivity contribution in [3.05, 3.63) is 35.9 Å². The molecular weight excluding hydrogens is 322 g/mol. The van der Waals surface area contributed by atoms with Gasteiger partial charge in [0.1, 0.15) is 0 Å². The summed E-state index contributed by atoms with van der Waals surface area (Å²) >= 11 is 0. The van der Waals surface area contributed by atoms with Gasteiger partial charge in [-0.05, 0) is 37.2 Å². The third kappa shape index (κ3) is 6.71. The summed E-state index contributed by atoms with van der Waals surface area (Å²) in [5, 5.41) is 14.5. The molecule has 6 heteroatoms. The topological polar surface area (TPSA) is 82.0 Å². The SMILES string of the molecule is N#CC1CCC(CNC(=O)NCC[S@](=O)Cc2ccccc2)CC1. The zero-order valence-corrected chi connectivity index (χ0v) is 14.7. The molecule has 1 atom stereocenters. The third-order valence-corrected chi connectivity index (χ3v) is 5.68. The van der Waals surface area contributed by atoms with E-state index in [1.165, 1.54) is 0 Å². The number of carbonyl (C=O) groups excluding carboxylic acids is 1. The summed E-state index contributed by atoms with van der Waals surface area (Å²) < 4.78 is 12.0. The molecule has 5 nitrogen and oxygen atoms in total. The van der Waals surface area contributed by atoms with Crippen LogP contribution in [0.3, 0.4) is 0 Å². The molecule has 24 heavy (non-hydrogen) atoms. The monoisotopic (exact) mass is 347 g/mol. The van der Waals surface area contributed by atoms with E-state index in [4.69, 9.17) is 5.26 Å². The van der Waals surface area contributed by atoms with Crippen LogP contribution in [0.5, 0.6) is 0 Å². The van der Waals surface area contributed by atoms with E-state index < -0.39 is 10.8 Å². The molecule has 1 aliphatic rings. The Kier molecular flexibility index (Phi) is 7.76. The molecule has 2 N–H and O–H groups in total. The van der Waals surface area contributed by atoms with E-state index in [2.05, 4.69) is 16.7 Å². The van der Waals surface area contributed by atoms with Crippen LogP contribution in [0, 0.1) is 23.2 Å². The van der Waals surface area contributed by atoms with Crippen molar-refractivity contribution in [3.63, 3.8) is 0 Å². The number of nitrogens with zero attached hydrogens (tertiary/aromatic N) is 1. The highest BCUT2D eigenvalue weighted by Gasteiger charge is 2.21. The Bertz CT molecular complexity index is 578. The van der Waals surface area contributed by atoms with Crippen LogP contribution in [0.2, 0.25) is 0 Å². The van der Waals surface area contributed by atoms with Crippen LogP contribution < -0.4 is 10.6 Å². The molecule has 0 aromatic heterocycles. The maximum absolute atomic E-state index is 12.0. The number of carbonyl (C=O) groups is 1. The Hall–Kier alpha value is -1.87. The summed E-state index contributed by atoms with van der Waals surface area (Å²) in [7, 11) is -0.974. The zero-order chi connectivity index (χ0) is 17.2. The molecule has 0 bridgehead atoms. The van der Waals surface area contributed by atoms with Crippen LogP contribution in [-0.4, -0.2) is 29.1 Å². The molecule has 0 unspecified atom stereocenters. The second kappa shape index (κ2) is 10.1. The van der Waals surface area contributed by atoms with Crippen molar-refractivity contribution in [2.24, 2.45) is 11.8 Å². The van der Waals surface area contributed by atoms with Crippen LogP contribution in [0.15, 0.2) is 30.3 Å². The Morgan fingerprint density at radius 2 is 1.88 bits per heavy atom. The summed E-state index contributed by atoms with van der Waals surface area (Å²) in [6, 6.07) is 11.8. The van der Waals surface area contributed by atoms with Gasteiger partial charge in [0.25, 0.3) is 0 Å². The average molecular weight is 347 g/mol. The minimum atomic E-state index is -0.974. The van der Waals surface area contributed by atoms with Crippen molar-refractivity contribution in [2.45, 2.75) is 31.4 Å². The smallest absolute Gasteiger partial charge is 0.314 e. The predicted octanol–water partition coefficient (Wildman–Crippen LogP) is 2.56. The van der Waals surface area contributed by atoms with Crippen LogP contribution in [0.1, 0.15) is 31.2 Å². The quantitative estimate of drug-likeness (QED) is 0.795. The number of nitriles is 1. The lowest BCUT2D eigenvalue weighted by molar-refractivity contribution is 0.235. The Balaban J connectivity index is 1.55. The molecule has 0 aliphatic heterocycles. The fourth-order valence-electron chi connectivity index (χ4n) is 2.91. The molecule has 1 aliphatic carbocycles. The lowest BCUT2D eigenvalue weighted by Crippen LogP contribution is -2.40. The van der Waals surface area contributed by atoms with Crippen molar-refractivity contribution < 1.29 is 9.00 Å². The van der Waals surface area contributed by atoms with Gasteiger partial charge in [-0.15, -0.1) is 0 Å². The minimum absolute atomic E-state index is 0.190. The van der Waals surface area contributed by atoms with E-state index >= 15 is 0 Å². The van der Waals surface area contributed by atoms with Gasteiger partial charge in [0.15, 0.2) is 0 Å². The maximum Gasteiger partial charge on any atom is 0.314 e. The van der Waals surface area contributed by atoms with Crippen molar-refractivity contribution in [1.82, 2.24) is 10.6 Å². The normalized spacial score (nSPS) is 21.5. The minimum Gasteiger partial charge on any atom is -0.338 e. The molecule has 0 radical (unpaired) electrons. The second-order valence-corrected chi connectivity index (χ2v) is 7.83. The van der Waals surface area contributed by atoms with Gasteiger partial charge in [0.05, 0.1) is 6.07 Å². The van der Waals surface area contributed by atoms with E-state index in [1.54, 1.807) is 0 Å². The van der Waals surface area contributed by atoms with Gasteiger partial charge in [-0.3, -0.25) is 4.21 Å². The summed E-state index contributed by atoms with van der Waals surface area (Å²) in [6.07, 6.45) is 3.87. The van der Waals surface area contributed by atoms with E-state index in [0.717, 1.165) is 31.2 Å². The first-order valence-corrected chi connectivity index (χ1v) is 9.96. The van der Waals surface area contributed by atoms with Gasteiger partial charge in [-0.25, -0.2) is 4.79 Å².